The van der Waals surface area contributed by atoms with Crippen molar-refractivity contribution in [3.8, 4) is 5.69 Å². The number of amides is 1. The van der Waals surface area contributed by atoms with Crippen molar-refractivity contribution >= 4 is 74.3 Å². The fraction of sp³-hybridized carbons (Fsp3) is 0. The lowest BCUT2D eigenvalue weighted by Crippen LogP contribution is -2.34. The van der Waals surface area contributed by atoms with Gasteiger partial charge in [-0.05, 0) is 54.7 Å². The van der Waals surface area contributed by atoms with Crippen LogP contribution >= 0.6 is 35.5 Å². The number of hydrogen-bond acceptors (Lipinski definition) is 7. The summed E-state index contributed by atoms with van der Waals surface area (Å²) in [6, 6.07) is 18.1. The van der Waals surface area contributed by atoms with Crippen LogP contribution in [-0.2, 0) is 0 Å². The standard InChI is InChI=1S/C20H12ClN7OS2/c21-13-9-16-17(25-28(24-16)12-4-2-1-3-5-12)10-15(13)22-20(30)23-19(29)11-6-7-14-18(8-11)27-31-26-14/h1-10H,(H2,22,23,29,30). The second-order valence-corrected chi connectivity index (χ2v) is 7.87. The highest BCUT2D eigenvalue weighted by Gasteiger charge is 2.13. The zero-order valence-electron chi connectivity index (χ0n) is 15.6. The van der Waals surface area contributed by atoms with Gasteiger partial charge in [0.25, 0.3) is 5.91 Å². The molecule has 0 aliphatic heterocycles. The lowest BCUT2D eigenvalue weighted by atomic mass is 10.2. The number of aromatic nitrogens is 5. The molecule has 2 aromatic heterocycles. The molecule has 0 atom stereocenters. The van der Waals surface area contributed by atoms with Crippen molar-refractivity contribution in [1.29, 1.82) is 0 Å². The van der Waals surface area contributed by atoms with Gasteiger partial charge < -0.3 is 5.32 Å². The van der Waals surface area contributed by atoms with Crippen LogP contribution in [0.1, 0.15) is 10.4 Å². The molecular weight excluding hydrogens is 454 g/mol. The van der Waals surface area contributed by atoms with Crippen molar-refractivity contribution in [2.75, 3.05) is 5.32 Å². The van der Waals surface area contributed by atoms with Crippen LogP contribution in [0.25, 0.3) is 27.8 Å². The largest absolute Gasteiger partial charge is 0.331 e. The third kappa shape index (κ3) is 3.96. The second-order valence-electron chi connectivity index (χ2n) is 6.52. The molecule has 0 unspecified atom stereocenters. The fourth-order valence-corrected chi connectivity index (χ4v) is 3.89. The predicted molar refractivity (Wildman–Crippen MR) is 125 cm³/mol. The SMILES string of the molecule is O=C(NC(=S)Nc1cc2nn(-c3ccccc3)nc2cc1Cl)c1ccc2nsnc2c1. The van der Waals surface area contributed by atoms with E-state index in [1.807, 2.05) is 30.3 Å². The Labute approximate surface area is 190 Å². The monoisotopic (exact) mass is 465 g/mol. The third-order valence-electron chi connectivity index (χ3n) is 4.45. The third-order valence-corrected chi connectivity index (χ3v) is 5.52. The number of benzene rings is 3. The van der Waals surface area contributed by atoms with E-state index in [1.165, 1.54) is 4.80 Å². The molecule has 152 valence electrons. The number of carbonyl (C=O) groups is 1. The Kier molecular flexibility index (Phi) is 5.02. The van der Waals surface area contributed by atoms with E-state index in [0.717, 1.165) is 22.9 Å². The summed E-state index contributed by atoms with van der Waals surface area (Å²) in [6.45, 7) is 0. The first kappa shape index (κ1) is 19.5. The maximum atomic E-state index is 12.5. The molecule has 5 aromatic rings. The maximum Gasteiger partial charge on any atom is 0.257 e. The summed E-state index contributed by atoms with van der Waals surface area (Å²) < 4.78 is 8.27. The highest BCUT2D eigenvalue weighted by Crippen LogP contribution is 2.27. The Morgan fingerprint density at radius 1 is 0.935 bits per heavy atom. The molecule has 0 spiro atoms. The number of nitrogens with one attached hydrogen (secondary N) is 2. The summed E-state index contributed by atoms with van der Waals surface area (Å²) in [5.41, 5.74) is 4.44. The molecule has 0 saturated carbocycles. The van der Waals surface area contributed by atoms with Crippen LogP contribution in [0.15, 0.2) is 60.7 Å². The molecule has 3 aromatic carbocycles. The van der Waals surface area contributed by atoms with Crippen molar-refractivity contribution in [1.82, 2.24) is 29.1 Å². The summed E-state index contributed by atoms with van der Waals surface area (Å²) in [4.78, 5) is 14.1. The zero-order valence-corrected chi connectivity index (χ0v) is 18.0. The van der Waals surface area contributed by atoms with Gasteiger partial charge in [-0.25, -0.2) is 0 Å². The minimum absolute atomic E-state index is 0.109. The summed E-state index contributed by atoms with van der Waals surface area (Å²) in [7, 11) is 0. The van der Waals surface area contributed by atoms with Crippen LogP contribution in [0.4, 0.5) is 5.69 Å². The first-order chi connectivity index (χ1) is 15.1. The number of rotatable bonds is 3. The van der Waals surface area contributed by atoms with Gasteiger partial charge in [-0.3, -0.25) is 10.1 Å². The van der Waals surface area contributed by atoms with Gasteiger partial charge in [0.1, 0.15) is 22.1 Å². The highest BCUT2D eigenvalue weighted by molar-refractivity contribution is 7.80. The average molecular weight is 466 g/mol. The zero-order chi connectivity index (χ0) is 21.4. The van der Waals surface area contributed by atoms with E-state index in [1.54, 1.807) is 30.3 Å². The molecule has 11 heteroatoms. The lowest BCUT2D eigenvalue weighted by molar-refractivity contribution is 0.0978. The van der Waals surface area contributed by atoms with Crippen LogP contribution in [-0.4, -0.2) is 34.8 Å². The number of thiocarbonyl (C=S) groups is 1. The normalized spacial score (nSPS) is 11.0. The number of halogens is 1. The summed E-state index contributed by atoms with van der Waals surface area (Å²) in [6.07, 6.45) is 0. The van der Waals surface area contributed by atoms with Gasteiger partial charge >= 0.3 is 0 Å². The molecule has 0 bridgehead atoms. The van der Waals surface area contributed by atoms with Crippen LogP contribution in [0.5, 0.6) is 0 Å². The van der Waals surface area contributed by atoms with Crippen molar-refractivity contribution in [2.24, 2.45) is 0 Å². The Bertz CT molecular complexity index is 1450. The Morgan fingerprint density at radius 3 is 2.48 bits per heavy atom. The molecule has 0 fully saturated rings. The van der Waals surface area contributed by atoms with Crippen molar-refractivity contribution in [3.63, 3.8) is 0 Å². The van der Waals surface area contributed by atoms with Crippen LogP contribution in [0, 0.1) is 0 Å². The molecule has 0 aliphatic rings. The van der Waals surface area contributed by atoms with Gasteiger partial charge in [-0.1, -0.05) is 29.8 Å². The van der Waals surface area contributed by atoms with Crippen LogP contribution in [0.3, 0.4) is 0 Å². The maximum absolute atomic E-state index is 12.5. The molecule has 0 aliphatic carbocycles. The lowest BCUT2D eigenvalue weighted by Gasteiger charge is -2.10. The predicted octanol–water partition coefficient (Wildman–Crippen LogP) is 4.21. The Hall–Kier alpha value is -3.47. The minimum atomic E-state index is -0.361. The van der Waals surface area contributed by atoms with E-state index in [9.17, 15) is 4.79 Å². The molecule has 0 saturated heterocycles. The molecule has 2 N–H and O–H groups in total. The van der Waals surface area contributed by atoms with E-state index >= 15 is 0 Å². The van der Waals surface area contributed by atoms with E-state index in [2.05, 4.69) is 29.6 Å². The topological polar surface area (TPSA) is 97.6 Å². The summed E-state index contributed by atoms with van der Waals surface area (Å²) >= 11 is 12.8. The van der Waals surface area contributed by atoms with Gasteiger partial charge in [0.15, 0.2) is 5.11 Å². The molecule has 0 radical (unpaired) electrons. The van der Waals surface area contributed by atoms with E-state index < -0.39 is 0 Å². The quantitative estimate of drug-likeness (QED) is 0.385. The number of fused-ring (bicyclic) bond motifs is 2. The molecule has 8 nitrogen and oxygen atoms in total. The fourth-order valence-electron chi connectivity index (χ4n) is 2.96. The molecule has 31 heavy (non-hydrogen) atoms. The number of carbonyl (C=O) groups excluding carboxylic acids is 1. The summed E-state index contributed by atoms with van der Waals surface area (Å²) in [5, 5.41) is 15.0. The van der Waals surface area contributed by atoms with Crippen molar-refractivity contribution < 1.29 is 4.79 Å². The van der Waals surface area contributed by atoms with E-state index in [-0.39, 0.29) is 11.0 Å². The van der Waals surface area contributed by atoms with Crippen molar-refractivity contribution in [3.05, 3.63) is 71.2 Å². The van der Waals surface area contributed by atoms with Crippen molar-refractivity contribution in [2.45, 2.75) is 0 Å². The smallest absolute Gasteiger partial charge is 0.257 e. The van der Waals surface area contributed by atoms with Gasteiger partial charge in [0.05, 0.1) is 28.1 Å². The van der Waals surface area contributed by atoms with E-state index in [0.29, 0.717) is 32.8 Å². The Balaban J connectivity index is 1.34. The average Bonchev–Trinajstić information content (AvgIpc) is 3.40. The second kappa shape index (κ2) is 7.99. The highest BCUT2D eigenvalue weighted by atomic mass is 35.5. The molecular formula is C20H12ClN7OS2. The summed E-state index contributed by atoms with van der Waals surface area (Å²) in [5.74, 6) is -0.361. The number of anilines is 1. The van der Waals surface area contributed by atoms with Crippen LogP contribution in [0.2, 0.25) is 5.02 Å². The molecule has 5 rings (SSSR count). The van der Waals surface area contributed by atoms with Crippen LogP contribution < -0.4 is 10.6 Å². The molecule has 1 amide bonds. The minimum Gasteiger partial charge on any atom is -0.331 e. The first-order valence-corrected chi connectivity index (χ1v) is 10.6. The van der Waals surface area contributed by atoms with Gasteiger partial charge in [0, 0.05) is 5.56 Å². The first-order valence-electron chi connectivity index (χ1n) is 9.03. The van der Waals surface area contributed by atoms with E-state index in [4.69, 9.17) is 23.8 Å². The number of para-hydroxylation sites is 1. The Morgan fingerprint density at radius 2 is 1.68 bits per heavy atom. The number of nitrogens with zero attached hydrogens (tertiary/aromatic N) is 5. The van der Waals surface area contributed by atoms with Gasteiger partial charge in [0.2, 0.25) is 0 Å². The molecule has 2 heterocycles. The van der Waals surface area contributed by atoms with Gasteiger partial charge in [-0.2, -0.15) is 13.5 Å². The number of hydrogen-bond donors (Lipinski definition) is 2. The van der Waals surface area contributed by atoms with Gasteiger partial charge in [-0.15, -0.1) is 10.2 Å².